The van der Waals surface area contributed by atoms with Gasteiger partial charge in [0.05, 0.1) is 15.8 Å². The molecule has 2 nitrogen and oxygen atoms in total. The largest absolute Gasteiger partial charge is 0.306 e. The summed E-state index contributed by atoms with van der Waals surface area (Å²) in [5.41, 5.74) is 1.93. The highest BCUT2D eigenvalue weighted by molar-refractivity contribution is 7.24. The van der Waals surface area contributed by atoms with Gasteiger partial charge >= 0.3 is 0 Å². The number of nitriles is 1. The Labute approximate surface area is 84.6 Å². The van der Waals surface area contributed by atoms with Gasteiger partial charge < -0.3 is 4.40 Å². The Kier molecular flexibility index (Phi) is 1.41. The topological polar surface area (TPSA) is 28.2 Å². The first-order valence-corrected chi connectivity index (χ1v) is 5.10. The van der Waals surface area contributed by atoms with E-state index in [0.29, 0.717) is 0 Å². The zero-order valence-electron chi connectivity index (χ0n) is 7.27. The van der Waals surface area contributed by atoms with E-state index in [9.17, 15) is 0 Å². The van der Waals surface area contributed by atoms with Gasteiger partial charge in [-0.3, -0.25) is 0 Å². The van der Waals surface area contributed by atoms with Crippen LogP contribution < -0.4 is 0 Å². The van der Waals surface area contributed by atoms with Crippen molar-refractivity contribution in [2.24, 2.45) is 0 Å². The molecule has 0 N–H and O–H groups in total. The van der Waals surface area contributed by atoms with Crippen LogP contribution in [0.2, 0.25) is 0 Å². The van der Waals surface area contributed by atoms with Crippen molar-refractivity contribution in [3.05, 3.63) is 42.1 Å². The molecule has 2 heterocycles. The molecular weight excluding hydrogens is 192 g/mol. The molecule has 1 aromatic carbocycles. The lowest BCUT2D eigenvalue weighted by Crippen LogP contribution is -1.74. The molecule has 0 aliphatic carbocycles. The molecule has 14 heavy (non-hydrogen) atoms. The maximum absolute atomic E-state index is 8.89. The van der Waals surface area contributed by atoms with Crippen LogP contribution in [0.15, 0.2) is 36.5 Å². The van der Waals surface area contributed by atoms with Crippen molar-refractivity contribution < 1.29 is 0 Å². The third-order valence-electron chi connectivity index (χ3n) is 2.29. The standard InChI is InChI=1S/C11H6N2S/c12-7-8-5-6-13-9-3-1-2-4-10(9)14-11(8)13/h1-6H. The molecule has 3 rings (SSSR count). The van der Waals surface area contributed by atoms with Gasteiger partial charge in [0.25, 0.3) is 0 Å². The molecule has 0 spiro atoms. The average Bonchev–Trinajstić information content (AvgIpc) is 2.75. The Morgan fingerprint density at radius 2 is 2.07 bits per heavy atom. The quantitative estimate of drug-likeness (QED) is 0.545. The summed E-state index contributed by atoms with van der Waals surface area (Å²) < 4.78 is 3.29. The first-order valence-electron chi connectivity index (χ1n) is 4.29. The van der Waals surface area contributed by atoms with Crippen LogP contribution in [0.3, 0.4) is 0 Å². The van der Waals surface area contributed by atoms with Gasteiger partial charge in [0.1, 0.15) is 10.9 Å². The van der Waals surface area contributed by atoms with Crippen molar-refractivity contribution in [1.29, 1.82) is 5.26 Å². The molecule has 0 saturated carbocycles. The lowest BCUT2D eigenvalue weighted by molar-refractivity contribution is 1.31. The highest BCUT2D eigenvalue weighted by Gasteiger charge is 2.07. The summed E-state index contributed by atoms with van der Waals surface area (Å²) in [4.78, 5) is 1.04. The number of benzene rings is 1. The highest BCUT2D eigenvalue weighted by atomic mass is 32.1. The third-order valence-corrected chi connectivity index (χ3v) is 3.47. The van der Waals surface area contributed by atoms with Gasteiger partial charge in [-0.2, -0.15) is 5.26 Å². The average molecular weight is 198 g/mol. The van der Waals surface area contributed by atoms with Crippen LogP contribution in [0, 0.1) is 11.3 Å². The van der Waals surface area contributed by atoms with Crippen molar-refractivity contribution in [1.82, 2.24) is 4.40 Å². The van der Waals surface area contributed by atoms with Crippen molar-refractivity contribution in [3.63, 3.8) is 0 Å². The number of thiazole rings is 1. The Balaban J connectivity index is 2.59. The molecule has 0 atom stereocenters. The second-order valence-corrected chi connectivity index (χ2v) is 4.12. The van der Waals surface area contributed by atoms with Crippen LogP contribution in [-0.2, 0) is 0 Å². The molecule has 2 aromatic heterocycles. The van der Waals surface area contributed by atoms with Crippen molar-refractivity contribution in [3.8, 4) is 6.07 Å². The van der Waals surface area contributed by atoms with E-state index >= 15 is 0 Å². The first-order chi connectivity index (χ1) is 6.90. The van der Waals surface area contributed by atoms with Gasteiger partial charge in [0, 0.05) is 6.20 Å². The molecular formula is C11H6N2S. The van der Waals surface area contributed by atoms with E-state index in [4.69, 9.17) is 5.26 Å². The Morgan fingerprint density at radius 3 is 2.93 bits per heavy atom. The molecule has 66 valence electrons. The van der Waals surface area contributed by atoms with E-state index in [1.807, 2.05) is 24.4 Å². The fraction of sp³-hybridized carbons (Fsp3) is 0. The number of aromatic nitrogens is 1. The second-order valence-electron chi connectivity index (χ2n) is 3.09. The number of nitrogens with zero attached hydrogens (tertiary/aromatic N) is 2. The monoisotopic (exact) mass is 198 g/mol. The van der Waals surface area contributed by atoms with Gasteiger partial charge in [0.15, 0.2) is 0 Å². The number of para-hydroxylation sites is 1. The fourth-order valence-corrected chi connectivity index (χ4v) is 2.75. The van der Waals surface area contributed by atoms with E-state index in [1.165, 1.54) is 10.2 Å². The highest BCUT2D eigenvalue weighted by Crippen LogP contribution is 2.28. The van der Waals surface area contributed by atoms with Gasteiger partial charge in [-0.15, -0.1) is 11.3 Å². The normalized spacial score (nSPS) is 10.8. The summed E-state index contributed by atoms with van der Waals surface area (Å²) in [5.74, 6) is 0. The zero-order chi connectivity index (χ0) is 9.54. The molecule has 0 saturated heterocycles. The van der Waals surface area contributed by atoms with Gasteiger partial charge in [-0.25, -0.2) is 0 Å². The maximum atomic E-state index is 8.89. The minimum atomic E-state index is 0.756. The minimum absolute atomic E-state index is 0.756. The van der Waals surface area contributed by atoms with Crippen LogP contribution in [0.4, 0.5) is 0 Å². The lowest BCUT2D eigenvalue weighted by Gasteiger charge is -1.87. The molecule has 0 amide bonds. The predicted octanol–water partition coefficient (Wildman–Crippen LogP) is 3.03. The lowest BCUT2D eigenvalue weighted by atomic mass is 10.3. The van der Waals surface area contributed by atoms with Crippen molar-refractivity contribution >= 4 is 26.4 Å². The maximum Gasteiger partial charge on any atom is 0.118 e. The first kappa shape index (κ1) is 7.60. The molecule has 3 heteroatoms. The van der Waals surface area contributed by atoms with Crippen LogP contribution in [0.25, 0.3) is 15.0 Å². The van der Waals surface area contributed by atoms with Crippen LogP contribution in [0.1, 0.15) is 5.56 Å². The van der Waals surface area contributed by atoms with E-state index in [1.54, 1.807) is 11.3 Å². The third kappa shape index (κ3) is 0.835. The number of hydrogen-bond acceptors (Lipinski definition) is 2. The number of rotatable bonds is 0. The summed E-state index contributed by atoms with van der Waals surface area (Å²) in [6.07, 6.45) is 1.95. The molecule has 0 unspecified atom stereocenters. The van der Waals surface area contributed by atoms with Crippen molar-refractivity contribution in [2.45, 2.75) is 0 Å². The van der Waals surface area contributed by atoms with Gasteiger partial charge in [0.2, 0.25) is 0 Å². The van der Waals surface area contributed by atoms with Gasteiger partial charge in [-0.05, 0) is 18.2 Å². The molecule has 0 aliphatic rings. The van der Waals surface area contributed by atoms with Crippen LogP contribution in [0.5, 0.6) is 0 Å². The molecule has 0 radical (unpaired) electrons. The van der Waals surface area contributed by atoms with Crippen LogP contribution >= 0.6 is 11.3 Å². The van der Waals surface area contributed by atoms with E-state index in [0.717, 1.165) is 10.4 Å². The number of hydrogen-bond donors (Lipinski definition) is 0. The second kappa shape index (κ2) is 2.60. The Bertz CT molecular complexity index is 655. The van der Waals surface area contributed by atoms with Crippen LogP contribution in [-0.4, -0.2) is 4.40 Å². The predicted molar refractivity (Wildman–Crippen MR) is 57.5 cm³/mol. The summed E-state index contributed by atoms with van der Waals surface area (Å²) in [5, 5.41) is 8.89. The SMILES string of the molecule is N#Cc1ccn2c1sc1ccccc12. The minimum Gasteiger partial charge on any atom is -0.306 e. The molecule has 0 aliphatic heterocycles. The summed E-state index contributed by atoms with van der Waals surface area (Å²) in [7, 11) is 0. The molecule has 0 fully saturated rings. The zero-order valence-corrected chi connectivity index (χ0v) is 8.08. The molecule has 3 aromatic rings. The van der Waals surface area contributed by atoms with E-state index < -0.39 is 0 Å². The Hall–Kier alpha value is -1.79. The van der Waals surface area contributed by atoms with Crippen molar-refractivity contribution in [2.75, 3.05) is 0 Å². The smallest absolute Gasteiger partial charge is 0.118 e. The summed E-state index contributed by atoms with van der Waals surface area (Å²) >= 11 is 1.66. The van der Waals surface area contributed by atoms with E-state index in [-0.39, 0.29) is 0 Å². The van der Waals surface area contributed by atoms with Gasteiger partial charge in [-0.1, -0.05) is 12.1 Å². The summed E-state index contributed by atoms with van der Waals surface area (Å²) in [6.45, 7) is 0. The summed E-state index contributed by atoms with van der Waals surface area (Å²) in [6, 6.07) is 12.2. The fourth-order valence-electron chi connectivity index (χ4n) is 1.64. The number of fused-ring (bicyclic) bond motifs is 3. The van der Waals surface area contributed by atoms with E-state index in [2.05, 4.69) is 22.6 Å². The Morgan fingerprint density at radius 1 is 1.21 bits per heavy atom. The molecule has 0 bridgehead atoms.